The Morgan fingerprint density at radius 1 is 1.73 bits per heavy atom. The zero-order valence-corrected chi connectivity index (χ0v) is 9.94. The standard InChI is InChI=1S/C9H16N4OS/c1-5(4-15-3)11-9(14)8-7(10)6(2)12-13-8/h5H,4,10H2,1-3H3,(H,11,14)(H,12,13). The Kier molecular flexibility index (Phi) is 4.02. The highest BCUT2D eigenvalue weighted by molar-refractivity contribution is 7.98. The van der Waals surface area contributed by atoms with Gasteiger partial charge in [-0.05, 0) is 20.1 Å². The number of nitrogens with two attached hydrogens (primary N) is 1. The fraction of sp³-hybridized carbons (Fsp3) is 0.556. The second kappa shape index (κ2) is 5.06. The van der Waals surface area contributed by atoms with E-state index in [1.165, 1.54) is 0 Å². The van der Waals surface area contributed by atoms with Crippen molar-refractivity contribution in [3.05, 3.63) is 11.4 Å². The summed E-state index contributed by atoms with van der Waals surface area (Å²) < 4.78 is 0. The molecule has 84 valence electrons. The lowest BCUT2D eigenvalue weighted by molar-refractivity contribution is 0.0939. The van der Waals surface area contributed by atoms with Crippen LogP contribution in [0.25, 0.3) is 0 Å². The van der Waals surface area contributed by atoms with E-state index in [1.54, 1.807) is 18.7 Å². The number of aryl methyl sites for hydroxylation is 1. The summed E-state index contributed by atoms with van der Waals surface area (Å²) in [5, 5.41) is 9.37. The van der Waals surface area contributed by atoms with Gasteiger partial charge in [-0.25, -0.2) is 0 Å². The van der Waals surface area contributed by atoms with Gasteiger partial charge in [0, 0.05) is 11.8 Å². The predicted molar refractivity (Wildman–Crippen MR) is 63.0 cm³/mol. The number of amides is 1. The number of aromatic nitrogens is 2. The highest BCUT2D eigenvalue weighted by atomic mass is 32.2. The summed E-state index contributed by atoms with van der Waals surface area (Å²) in [6, 6.07) is 0.115. The van der Waals surface area contributed by atoms with Gasteiger partial charge in [-0.2, -0.15) is 16.9 Å². The molecule has 1 aromatic rings. The first-order chi connectivity index (χ1) is 7.06. The molecule has 1 heterocycles. The number of hydrogen-bond acceptors (Lipinski definition) is 4. The van der Waals surface area contributed by atoms with Crippen LogP contribution in [-0.4, -0.2) is 34.2 Å². The van der Waals surface area contributed by atoms with Gasteiger partial charge in [0.25, 0.3) is 5.91 Å². The molecule has 0 aromatic carbocycles. The molecule has 15 heavy (non-hydrogen) atoms. The Labute approximate surface area is 93.2 Å². The number of anilines is 1. The minimum atomic E-state index is -0.224. The molecule has 0 aliphatic rings. The van der Waals surface area contributed by atoms with E-state index >= 15 is 0 Å². The smallest absolute Gasteiger partial charge is 0.274 e. The zero-order valence-electron chi connectivity index (χ0n) is 9.13. The Morgan fingerprint density at radius 2 is 2.40 bits per heavy atom. The van der Waals surface area contributed by atoms with Gasteiger partial charge in [0.2, 0.25) is 0 Å². The Bertz CT molecular complexity index is 350. The molecular formula is C9H16N4OS. The first-order valence-electron chi connectivity index (χ1n) is 4.66. The van der Waals surface area contributed by atoms with Gasteiger partial charge < -0.3 is 11.1 Å². The number of H-pyrrole nitrogens is 1. The molecule has 1 unspecified atom stereocenters. The van der Waals surface area contributed by atoms with E-state index in [4.69, 9.17) is 5.73 Å². The van der Waals surface area contributed by atoms with E-state index in [1.807, 2.05) is 13.2 Å². The molecule has 5 nitrogen and oxygen atoms in total. The third-order valence-electron chi connectivity index (χ3n) is 2.00. The lowest BCUT2D eigenvalue weighted by Gasteiger charge is -2.11. The number of aromatic amines is 1. The molecule has 1 atom stereocenters. The number of carbonyl (C=O) groups excluding carboxylic acids is 1. The van der Waals surface area contributed by atoms with Crippen LogP contribution in [0, 0.1) is 6.92 Å². The van der Waals surface area contributed by atoms with Gasteiger partial charge in [-0.1, -0.05) is 0 Å². The van der Waals surface area contributed by atoms with E-state index in [2.05, 4.69) is 15.5 Å². The van der Waals surface area contributed by atoms with Crippen molar-refractivity contribution in [2.45, 2.75) is 19.9 Å². The average Bonchev–Trinajstić information content (AvgIpc) is 2.48. The van der Waals surface area contributed by atoms with Gasteiger partial charge in [0.15, 0.2) is 5.69 Å². The molecule has 0 radical (unpaired) electrons. The predicted octanol–water partition coefficient (Wildman–Crippen LogP) is 0.782. The van der Waals surface area contributed by atoms with Crippen LogP contribution in [0.2, 0.25) is 0 Å². The second-order valence-electron chi connectivity index (χ2n) is 3.44. The van der Waals surface area contributed by atoms with Crippen LogP contribution in [0.3, 0.4) is 0 Å². The zero-order chi connectivity index (χ0) is 11.4. The van der Waals surface area contributed by atoms with E-state index in [0.29, 0.717) is 5.69 Å². The van der Waals surface area contributed by atoms with Gasteiger partial charge in [-0.3, -0.25) is 9.89 Å². The van der Waals surface area contributed by atoms with Crippen molar-refractivity contribution < 1.29 is 4.79 Å². The third-order valence-corrected chi connectivity index (χ3v) is 2.84. The third kappa shape index (κ3) is 2.89. The largest absolute Gasteiger partial charge is 0.395 e. The number of nitrogens with zero attached hydrogens (tertiary/aromatic N) is 1. The van der Waals surface area contributed by atoms with Gasteiger partial charge >= 0.3 is 0 Å². The van der Waals surface area contributed by atoms with Gasteiger partial charge in [-0.15, -0.1) is 0 Å². The van der Waals surface area contributed by atoms with E-state index in [9.17, 15) is 4.79 Å². The molecule has 6 heteroatoms. The van der Waals surface area contributed by atoms with E-state index in [-0.39, 0.29) is 17.6 Å². The first kappa shape index (κ1) is 11.9. The molecule has 0 saturated heterocycles. The minimum absolute atomic E-state index is 0.115. The number of thioether (sulfide) groups is 1. The monoisotopic (exact) mass is 228 g/mol. The maximum Gasteiger partial charge on any atom is 0.274 e. The van der Waals surface area contributed by atoms with Crippen molar-refractivity contribution >= 4 is 23.4 Å². The highest BCUT2D eigenvalue weighted by Crippen LogP contribution is 2.12. The van der Waals surface area contributed by atoms with Crippen molar-refractivity contribution in [1.29, 1.82) is 0 Å². The Balaban J connectivity index is 2.65. The molecule has 0 fully saturated rings. The van der Waals surface area contributed by atoms with Crippen LogP contribution in [0.5, 0.6) is 0 Å². The van der Waals surface area contributed by atoms with Crippen molar-refractivity contribution in [3.63, 3.8) is 0 Å². The molecule has 1 rings (SSSR count). The average molecular weight is 228 g/mol. The summed E-state index contributed by atoms with van der Waals surface area (Å²) in [6.07, 6.45) is 2.00. The topological polar surface area (TPSA) is 83.8 Å². The van der Waals surface area contributed by atoms with E-state index in [0.717, 1.165) is 11.4 Å². The van der Waals surface area contributed by atoms with Crippen molar-refractivity contribution in [2.75, 3.05) is 17.7 Å². The normalized spacial score (nSPS) is 12.5. The summed E-state index contributed by atoms with van der Waals surface area (Å²) in [5.41, 5.74) is 7.11. The summed E-state index contributed by atoms with van der Waals surface area (Å²) in [6.45, 7) is 3.73. The fourth-order valence-electron chi connectivity index (χ4n) is 1.19. The number of hydrogen-bond donors (Lipinski definition) is 3. The first-order valence-corrected chi connectivity index (χ1v) is 6.06. The summed E-state index contributed by atoms with van der Waals surface area (Å²) >= 11 is 1.68. The molecule has 0 aliphatic heterocycles. The summed E-state index contributed by atoms with van der Waals surface area (Å²) in [4.78, 5) is 11.7. The SMILES string of the molecule is CSCC(C)NC(=O)c1n[nH]c(C)c1N. The number of carbonyl (C=O) groups is 1. The molecule has 1 aromatic heterocycles. The maximum absolute atomic E-state index is 11.7. The summed E-state index contributed by atoms with van der Waals surface area (Å²) in [7, 11) is 0. The lowest BCUT2D eigenvalue weighted by atomic mass is 10.3. The van der Waals surface area contributed by atoms with Crippen molar-refractivity contribution in [2.24, 2.45) is 0 Å². The van der Waals surface area contributed by atoms with Gasteiger partial charge in [0.05, 0.1) is 11.4 Å². The summed E-state index contributed by atoms with van der Waals surface area (Å²) in [5.74, 6) is 0.646. The highest BCUT2D eigenvalue weighted by Gasteiger charge is 2.16. The lowest BCUT2D eigenvalue weighted by Crippen LogP contribution is -2.34. The molecule has 4 N–H and O–H groups in total. The quantitative estimate of drug-likeness (QED) is 0.711. The number of rotatable bonds is 4. The molecule has 1 amide bonds. The van der Waals surface area contributed by atoms with Crippen LogP contribution in [-0.2, 0) is 0 Å². The number of nitrogen functional groups attached to an aromatic ring is 1. The Hall–Kier alpha value is -1.17. The number of nitrogens with one attached hydrogen (secondary N) is 2. The van der Waals surface area contributed by atoms with Crippen LogP contribution >= 0.6 is 11.8 Å². The Morgan fingerprint density at radius 3 is 2.87 bits per heavy atom. The van der Waals surface area contributed by atoms with Crippen LogP contribution in [0.15, 0.2) is 0 Å². The van der Waals surface area contributed by atoms with Crippen molar-refractivity contribution in [1.82, 2.24) is 15.5 Å². The molecule has 0 spiro atoms. The van der Waals surface area contributed by atoms with Gasteiger partial charge in [0.1, 0.15) is 0 Å². The maximum atomic E-state index is 11.7. The minimum Gasteiger partial charge on any atom is -0.395 e. The fourth-order valence-corrected chi connectivity index (χ4v) is 1.78. The molecule has 0 saturated carbocycles. The van der Waals surface area contributed by atoms with Crippen molar-refractivity contribution in [3.8, 4) is 0 Å². The molecule has 0 aliphatic carbocycles. The molecule has 0 bridgehead atoms. The second-order valence-corrected chi connectivity index (χ2v) is 4.35. The van der Waals surface area contributed by atoms with E-state index < -0.39 is 0 Å². The van der Waals surface area contributed by atoms with Crippen LogP contribution in [0.4, 0.5) is 5.69 Å². The van der Waals surface area contributed by atoms with Crippen LogP contribution < -0.4 is 11.1 Å². The molecular weight excluding hydrogens is 212 g/mol. The van der Waals surface area contributed by atoms with Crippen LogP contribution in [0.1, 0.15) is 23.1 Å².